The molecule has 0 aliphatic rings. The first kappa shape index (κ1) is 19.7. The zero-order chi connectivity index (χ0) is 20.9. The molecule has 1 amide bonds. The Labute approximate surface area is 178 Å². The van der Waals surface area contributed by atoms with E-state index in [0.717, 1.165) is 22.8 Å². The summed E-state index contributed by atoms with van der Waals surface area (Å²) in [5, 5.41) is 6.68. The molecule has 4 rings (SSSR count). The van der Waals surface area contributed by atoms with Crippen LogP contribution in [-0.2, 0) is 4.79 Å². The van der Waals surface area contributed by atoms with Gasteiger partial charge < -0.3 is 15.4 Å². The minimum Gasteiger partial charge on any atom is -0.497 e. The van der Waals surface area contributed by atoms with Gasteiger partial charge in [-0.3, -0.25) is 14.2 Å². The molecule has 2 aromatic carbocycles. The number of fused-ring (bicyclic) bond motifs is 1. The Bertz CT molecular complexity index is 1190. The van der Waals surface area contributed by atoms with Gasteiger partial charge in [0.15, 0.2) is 5.65 Å². The van der Waals surface area contributed by atoms with Crippen LogP contribution in [0.15, 0.2) is 67.1 Å². The van der Waals surface area contributed by atoms with E-state index in [1.54, 1.807) is 31.6 Å². The number of halogens is 1. The number of anilines is 2. The van der Waals surface area contributed by atoms with Crippen molar-refractivity contribution in [3.8, 4) is 17.0 Å². The summed E-state index contributed by atoms with van der Waals surface area (Å²) in [6, 6.07) is 14.8. The number of nitrogens with zero attached hydrogens (tertiary/aromatic N) is 3. The molecule has 0 bridgehead atoms. The van der Waals surface area contributed by atoms with E-state index in [-0.39, 0.29) is 12.3 Å². The van der Waals surface area contributed by atoms with E-state index >= 15 is 0 Å². The lowest BCUT2D eigenvalue weighted by Gasteiger charge is -2.10. The summed E-state index contributed by atoms with van der Waals surface area (Å²) in [7, 11) is 1.63. The Balaban J connectivity index is 1.53. The van der Waals surface area contributed by atoms with Crippen LogP contribution < -0.4 is 15.4 Å². The Morgan fingerprint density at radius 2 is 2.07 bits per heavy atom. The molecule has 0 radical (unpaired) electrons. The summed E-state index contributed by atoms with van der Waals surface area (Å²) < 4.78 is 7.25. The van der Waals surface area contributed by atoms with E-state index in [0.29, 0.717) is 22.9 Å². The average molecular weight is 422 g/mol. The van der Waals surface area contributed by atoms with Gasteiger partial charge in [0.25, 0.3) is 0 Å². The van der Waals surface area contributed by atoms with Crippen LogP contribution in [0.2, 0.25) is 5.02 Å². The fraction of sp³-hybridized carbons (Fsp3) is 0.136. The van der Waals surface area contributed by atoms with Gasteiger partial charge in [-0.2, -0.15) is 0 Å². The van der Waals surface area contributed by atoms with Crippen molar-refractivity contribution in [2.45, 2.75) is 6.42 Å². The van der Waals surface area contributed by atoms with Crippen molar-refractivity contribution in [1.82, 2.24) is 14.4 Å². The van der Waals surface area contributed by atoms with Crippen LogP contribution in [0.25, 0.3) is 16.9 Å². The van der Waals surface area contributed by atoms with Crippen molar-refractivity contribution >= 4 is 34.7 Å². The van der Waals surface area contributed by atoms with Gasteiger partial charge in [0.2, 0.25) is 5.91 Å². The van der Waals surface area contributed by atoms with Crippen molar-refractivity contribution in [3.63, 3.8) is 0 Å². The van der Waals surface area contributed by atoms with Crippen LogP contribution in [0.5, 0.6) is 5.75 Å². The quantitative estimate of drug-likeness (QED) is 0.459. The lowest BCUT2D eigenvalue weighted by atomic mass is 10.1. The van der Waals surface area contributed by atoms with Crippen LogP contribution in [0, 0.1) is 0 Å². The van der Waals surface area contributed by atoms with Crippen molar-refractivity contribution in [1.29, 1.82) is 0 Å². The summed E-state index contributed by atoms with van der Waals surface area (Å²) in [6.45, 7) is 0.420. The van der Waals surface area contributed by atoms with Gasteiger partial charge in [0.1, 0.15) is 17.3 Å². The van der Waals surface area contributed by atoms with E-state index in [2.05, 4.69) is 15.6 Å². The lowest BCUT2D eigenvalue weighted by Crippen LogP contribution is -2.17. The molecule has 0 atom stereocenters. The number of methoxy groups -OCH3 is 1. The SMILES string of the molecule is COc1cccc(-c2nc3cnccn3c2NCCC(=O)Nc2ccccc2Cl)c1. The van der Waals surface area contributed by atoms with E-state index in [1.165, 1.54) is 0 Å². The number of hydrogen-bond acceptors (Lipinski definition) is 5. The first-order valence-electron chi connectivity index (χ1n) is 9.40. The molecule has 0 spiro atoms. The van der Waals surface area contributed by atoms with Gasteiger partial charge >= 0.3 is 0 Å². The largest absolute Gasteiger partial charge is 0.497 e. The van der Waals surface area contributed by atoms with E-state index in [9.17, 15) is 4.79 Å². The highest BCUT2D eigenvalue weighted by Gasteiger charge is 2.15. The highest BCUT2D eigenvalue weighted by molar-refractivity contribution is 6.33. The molecule has 4 aromatic rings. The Hall–Kier alpha value is -3.58. The summed E-state index contributed by atoms with van der Waals surface area (Å²) in [5.74, 6) is 1.40. The summed E-state index contributed by atoms with van der Waals surface area (Å²) in [5.41, 5.74) is 2.97. The normalized spacial score (nSPS) is 10.7. The number of aromatic nitrogens is 3. The maximum Gasteiger partial charge on any atom is 0.226 e. The van der Waals surface area contributed by atoms with Crippen LogP contribution in [0.4, 0.5) is 11.5 Å². The predicted octanol–water partition coefficient (Wildman–Crippen LogP) is 4.50. The molecular formula is C22H20ClN5O2. The Morgan fingerprint density at radius 3 is 2.90 bits per heavy atom. The highest BCUT2D eigenvalue weighted by Crippen LogP contribution is 2.30. The van der Waals surface area contributed by atoms with Gasteiger partial charge in [-0.15, -0.1) is 0 Å². The smallest absolute Gasteiger partial charge is 0.226 e. The minimum atomic E-state index is -0.131. The standard InChI is InChI=1S/C22H20ClN5O2/c1-30-16-6-4-5-15(13-16)21-22(28-12-11-24-14-19(28)27-21)25-10-9-20(29)26-18-8-3-2-7-17(18)23/h2-8,11-14,25H,9-10H2,1H3,(H,26,29). The van der Waals surface area contributed by atoms with E-state index in [4.69, 9.17) is 21.3 Å². The van der Waals surface area contributed by atoms with Gasteiger partial charge in [-0.1, -0.05) is 35.9 Å². The molecule has 152 valence electrons. The molecule has 0 saturated heterocycles. The number of imidazole rings is 1. The summed E-state index contributed by atoms with van der Waals surface area (Å²) >= 11 is 6.10. The lowest BCUT2D eigenvalue weighted by molar-refractivity contribution is -0.115. The van der Waals surface area contributed by atoms with Gasteiger partial charge in [0.05, 0.1) is 24.0 Å². The number of benzene rings is 2. The second-order valence-corrected chi connectivity index (χ2v) is 6.96. The number of rotatable bonds is 7. The second kappa shape index (κ2) is 8.84. The first-order chi connectivity index (χ1) is 14.7. The fourth-order valence-electron chi connectivity index (χ4n) is 3.12. The van der Waals surface area contributed by atoms with Crippen molar-refractivity contribution in [2.75, 3.05) is 24.3 Å². The van der Waals surface area contributed by atoms with Gasteiger partial charge in [0, 0.05) is 30.9 Å². The maximum atomic E-state index is 12.3. The number of nitrogens with one attached hydrogen (secondary N) is 2. The topological polar surface area (TPSA) is 80.6 Å². The third-order valence-electron chi connectivity index (χ3n) is 4.57. The van der Waals surface area contributed by atoms with E-state index < -0.39 is 0 Å². The van der Waals surface area contributed by atoms with Crippen LogP contribution >= 0.6 is 11.6 Å². The molecule has 30 heavy (non-hydrogen) atoms. The van der Waals surface area contributed by atoms with Gasteiger partial charge in [-0.05, 0) is 24.3 Å². The molecule has 2 heterocycles. The summed E-state index contributed by atoms with van der Waals surface area (Å²) in [4.78, 5) is 21.2. The molecule has 0 saturated carbocycles. The molecular weight excluding hydrogens is 402 g/mol. The third kappa shape index (κ3) is 4.21. The molecule has 0 aliphatic carbocycles. The van der Waals surface area contributed by atoms with Gasteiger partial charge in [-0.25, -0.2) is 4.98 Å². The van der Waals surface area contributed by atoms with Crippen LogP contribution in [0.3, 0.4) is 0 Å². The maximum absolute atomic E-state index is 12.3. The van der Waals surface area contributed by atoms with Crippen molar-refractivity contribution in [3.05, 3.63) is 72.1 Å². The zero-order valence-electron chi connectivity index (χ0n) is 16.3. The molecule has 2 aromatic heterocycles. The number of hydrogen-bond donors (Lipinski definition) is 2. The average Bonchev–Trinajstić information content (AvgIpc) is 3.14. The zero-order valence-corrected chi connectivity index (χ0v) is 17.1. The van der Waals surface area contributed by atoms with E-state index in [1.807, 2.05) is 47.0 Å². The third-order valence-corrected chi connectivity index (χ3v) is 4.90. The molecule has 0 aliphatic heterocycles. The number of carbonyl (C=O) groups is 1. The molecule has 8 heteroatoms. The van der Waals surface area contributed by atoms with Crippen LogP contribution in [0.1, 0.15) is 6.42 Å². The minimum absolute atomic E-state index is 0.131. The molecule has 0 unspecified atom stereocenters. The number of para-hydroxylation sites is 1. The molecule has 0 fully saturated rings. The monoisotopic (exact) mass is 421 g/mol. The Kier molecular flexibility index (Phi) is 5.81. The number of ether oxygens (including phenoxy) is 1. The van der Waals surface area contributed by atoms with Crippen LogP contribution in [-0.4, -0.2) is 33.9 Å². The van der Waals surface area contributed by atoms with Crippen molar-refractivity contribution in [2.24, 2.45) is 0 Å². The van der Waals surface area contributed by atoms with Crippen molar-refractivity contribution < 1.29 is 9.53 Å². The number of amides is 1. The summed E-state index contributed by atoms with van der Waals surface area (Å²) in [6.07, 6.45) is 5.48. The predicted molar refractivity (Wildman–Crippen MR) is 118 cm³/mol. The molecule has 7 nitrogen and oxygen atoms in total. The second-order valence-electron chi connectivity index (χ2n) is 6.55. The first-order valence-corrected chi connectivity index (χ1v) is 9.78. The Morgan fingerprint density at radius 1 is 1.20 bits per heavy atom. The highest BCUT2D eigenvalue weighted by atomic mass is 35.5. The fourth-order valence-corrected chi connectivity index (χ4v) is 3.30. The number of carbonyl (C=O) groups excluding carboxylic acids is 1. The molecule has 2 N–H and O–H groups in total.